The molecule has 4 heterocycles. The van der Waals surface area contributed by atoms with E-state index in [0.717, 1.165) is 69.3 Å². The number of amides is 2. The normalized spacial score (nSPS) is 13.8. The van der Waals surface area contributed by atoms with E-state index in [-0.39, 0.29) is 18.4 Å². The Kier molecular flexibility index (Phi) is 6.45. The molecule has 1 aliphatic heterocycles. The minimum atomic E-state index is -0.176. The van der Waals surface area contributed by atoms with Gasteiger partial charge >= 0.3 is 0 Å². The first-order valence-electron chi connectivity index (χ1n) is 14.6. The van der Waals surface area contributed by atoms with Crippen LogP contribution in [-0.4, -0.2) is 44.3 Å². The molecule has 9 nitrogen and oxygen atoms in total. The van der Waals surface area contributed by atoms with E-state index in [1.54, 1.807) is 6.20 Å². The molecule has 1 aliphatic carbocycles. The number of ether oxygens (including phenoxy) is 1. The van der Waals surface area contributed by atoms with Gasteiger partial charge in [-0.1, -0.05) is 19.9 Å². The molecule has 2 aromatic carbocycles. The fourth-order valence-corrected chi connectivity index (χ4v) is 6.62. The van der Waals surface area contributed by atoms with E-state index in [1.165, 1.54) is 11.1 Å². The lowest BCUT2D eigenvalue weighted by atomic mass is 9.82. The average molecular weight is 563 g/mol. The molecule has 2 N–H and O–H groups in total. The van der Waals surface area contributed by atoms with E-state index >= 15 is 0 Å². The Morgan fingerprint density at radius 1 is 1.14 bits per heavy atom. The Hall–Kier alpha value is -4.66. The van der Waals surface area contributed by atoms with Gasteiger partial charge in [0.2, 0.25) is 0 Å². The number of nitrogens with one attached hydrogen (secondary N) is 2. The Bertz CT molecular complexity index is 1870. The third-order valence-corrected chi connectivity index (χ3v) is 8.26. The van der Waals surface area contributed by atoms with Gasteiger partial charge in [-0.25, -0.2) is 0 Å². The summed E-state index contributed by atoms with van der Waals surface area (Å²) in [5, 5.41) is 12.9. The highest BCUT2D eigenvalue weighted by molar-refractivity contribution is 6.19. The number of aromatic nitrogens is 4. The molecule has 0 spiro atoms. The van der Waals surface area contributed by atoms with Gasteiger partial charge < -0.3 is 19.9 Å². The topological polar surface area (TPSA) is 103 Å². The lowest BCUT2D eigenvalue weighted by Gasteiger charge is -2.22. The number of carbonyl (C=O) groups is 2. The molecular weight excluding hydrogens is 528 g/mol. The summed E-state index contributed by atoms with van der Waals surface area (Å²) in [6.45, 7) is 6.22. The van der Waals surface area contributed by atoms with Gasteiger partial charge in [0.1, 0.15) is 5.75 Å². The molecule has 9 heteroatoms. The number of pyridine rings is 1. The zero-order chi connectivity index (χ0) is 29.0. The molecule has 0 saturated heterocycles. The fraction of sp³-hybridized carbons (Fsp3) is 0.333. The van der Waals surface area contributed by atoms with Crippen molar-refractivity contribution in [2.45, 2.75) is 46.2 Å². The summed E-state index contributed by atoms with van der Waals surface area (Å²) in [4.78, 5) is 30.2. The SMILES string of the molecule is CC(C)Cn1c2ccc(OCC(=O)NCCc3ccccn3)cc2c2c3c(c4c(c21)CCc1nn(C)cc1-4)C(=O)NC3. The summed E-state index contributed by atoms with van der Waals surface area (Å²) >= 11 is 0. The van der Waals surface area contributed by atoms with Crippen LogP contribution < -0.4 is 15.4 Å². The molecule has 0 fully saturated rings. The van der Waals surface area contributed by atoms with Crippen LogP contribution in [0.1, 0.15) is 46.7 Å². The van der Waals surface area contributed by atoms with Gasteiger partial charge in [0.15, 0.2) is 6.61 Å². The highest BCUT2D eigenvalue weighted by Gasteiger charge is 2.35. The van der Waals surface area contributed by atoms with E-state index in [2.05, 4.69) is 40.1 Å². The standard InChI is InChI=1S/C33H34N6O3/c1-19(2)16-39-27-10-7-21(42-18-28(40)35-13-11-20-6-4-5-12-34-20)14-23(27)30-24-15-36-33(41)31(24)29-22(32(30)39)8-9-26-25(29)17-38(3)37-26/h4-7,10,12,14,17,19H,8-9,11,13,15-16,18H2,1-3H3,(H,35,40)(H,36,41). The van der Waals surface area contributed by atoms with Crippen LogP contribution in [0.5, 0.6) is 5.75 Å². The van der Waals surface area contributed by atoms with Crippen molar-refractivity contribution < 1.29 is 14.3 Å². The summed E-state index contributed by atoms with van der Waals surface area (Å²) in [5.41, 5.74) is 9.41. The summed E-state index contributed by atoms with van der Waals surface area (Å²) in [6.07, 6.45) is 6.13. The predicted molar refractivity (Wildman–Crippen MR) is 162 cm³/mol. The molecule has 0 bridgehead atoms. The van der Waals surface area contributed by atoms with E-state index < -0.39 is 0 Å². The summed E-state index contributed by atoms with van der Waals surface area (Å²) in [5.74, 6) is 0.852. The van der Waals surface area contributed by atoms with Crippen LogP contribution in [0.2, 0.25) is 0 Å². The molecule has 2 amide bonds. The predicted octanol–water partition coefficient (Wildman–Crippen LogP) is 4.33. The van der Waals surface area contributed by atoms with Crippen molar-refractivity contribution in [3.63, 3.8) is 0 Å². The molecule has 0 unspecified atom stereocenters. The number of carbonyl (C=O) groups excluding carboxylic acids is 2. The van der Waals surface area contributed by atoms with Crippen molar-refractivity contribution in [1.29, 1.82) is 0 Å². The summed E-state index contributed by atoms with van der Waals surface area (Å²) in [6, 6.07) is 11.8. The van der Waals surface area contributed by atoms with E-state index in [1.807, 2.05) is 48.3 Å². The van der Waals surface area contributed by atoms with Crippen molar-refractivity contribution >= 4 is 33.6 Å². The zero-order valence-electron chi connectivity index (χ0n) is 24.2. The Morgan fingerprint density at radius 3 is 2.83 bits per heavy atom. The maximum absolute atomic E-state index is 13.3. The zero-order valence-corrected chi connectivity index (χ0v) is 24.2. The van der Waals surface area contributed by atoms with Gasteiger partial charge in [-0.3, -0.25) is 19.3 Å². The highest BCUT2D eigenvalue weighted by Crippen LogP contribution is 2.47. The largest absolute Gasteiger partial charge is 0.484 e. The lowest BCUT2D eigenvalue weighted by Crippen LogP contribution is -2.30. The van der Waals surface area contributed by atoms with Crippen LogP contribution in [-0.2, 0) is 44.2 Å². The van der Waals surface area contributed by atoms with Crippen LogP contribution in [0.15, 0.2) is 48.8 Å². The van der Waals surface area contributed by atoms with Crippen LogP contribution in [0.25, 0.3) is 32.9 Å². The highest BCUT2D eigenvalue weighted by atomic mass is 16.5. The minimum absolute atomic E-state index is 0.0283. The van der Waals surface area contributed by atoms with Crippen molar-refractivity contribution in [2.75, 3.05) is 13.2 Å². The van der Waals surface area contributed by atoms with E-state index in [0.29, 0.717) is 31.2 Å². The smallest absolute Gasteiger partial charge is 0.257 e. The van der Waals surface area contributed by atoms with Crippen LogP contribution in [0.4, 0.5) is 0 Å². The first-order valence-corrected chi connectivity index (χ1v) is 14.6. The second-order valence-corrected chi connectivity index (χ2v) is 11.7. The molecule has 0 atom stereocenters. The molecule has 0 radical (unpaired) electrons. The van der Waals surface area contributed by atoms with Gasteiger partial charge in [0.25, 0.3) is 11.8 Å². The quantitative estimate of drug-likeness (QED) is 0.293. The maximum Gasteiger partial charge on any atom is 0.257 e. The molecule has 3 aromatic heterocycles. The van der Waals surface area contributed by atoms with E-state index in [9.17, 15) is 9.59 Å². The average Bonchev–Trinajstić information content (AvgIpc) is 3.65. The number of fused-ring (bicyclic) bond motifs is 10. The molecule has 0 saturated carbocycles. The van der Waals surface area contributed by atoms with Crippen molar-refractivity contribution in [1.82, 2.24) is 30.0 Å². The third-order valence-electron chi connectivity index (χ3n) is 8.26. The summed E-state index contributed by atoms with van der Waals surface area (Å²) < 4.78 is 10.3. The second kappa shape index (κ2) is 10.3. The first-order chi connectivity index (χ1) is 20.4. The number of hydrogen-bond acceptors (Lipinski definition) is 5. The Balaban J connectivity index is 1.28. The van der Waals surface area contributed by atoms with E-state index in [4.69, 9.17) is 9.84 Å². The third kappa shape index (κ3) is 4.40. The molecule has 5 aromatic rings. The number of aryl methyl sites for hydroxylation is 3. The van der Waals surface area contributed by atoms with Gasteiger partial charge in [0, 0.05) is 78.6 Å². The van der Waals surface area contributed by atoms with Crippen LogP contribution in [0.3, 0.4) is 0 Å². The van der Waals surface area contributed by atoms with Gasteiger partial charge in [0.05, 0.1) is 16.8 Å². The lowest BCUT2D eigenvalue weighted by molar-refractivity contribution is -0.123. The number of nitrogens with zero attached hydrogens (tertiary/aromatic N) is 4. The molecule has 7 rings (SSSR count). The maximum atomic E-state index is 13.3. The monoisotopic (exact) mass is 562 g/mol. The molecule has 2 aliphatic rings. The van der Waals surface area contributed by atoms with Crippen molar-refractivity contribution in [3.05, 3.63) is 76.9 Å². The molecule has 214 valence electrons. The van der Waals surface area contributed by atoms with Crippen LogP contribution >= 0.6 is 0 Å². The van der Waals surface area contributed by atoms with Crippen LogP contribution in [0, 0.1) is 5.92 Å². The number of benzene rings is 2. The Morgan fingerprint density at radius 2 is 2.02 bits per heavy atom. The number of rotatable bonds is 8. The summed E-state index contributed by atoms with van der Waals surface area (Å²) in [7, 11) is 1.94. The number of hydrogen-bond donors (Lipinski definition) is 2. The minimum Gasteiger partial charge on any atom is -0.484 e. The van der Waals surface area contributed by atoms with Gasteiger partial charge in [-0.2, -0.15) is 5.10 Å². The first kappa shape index (κ1) is 26.3. The van der Waals surface area contributed by atoms with Gasteiger partial charge in [-0.15, -0.1) is 0 Å². The molecular formula is C33H34N6O3. The fourth-order valence-electron chi connectivity index (χ4n) is 6.62. The van der Waals surface area contributed by atoms with Gasteiger partial charge in [-0.05, 0) is 60.2 Å². The molecule has 42 heavy (non-hydrogen) atoms. The second-order valence-electron chi connectivity index (χ2n) is 11.7. The Labute approximate surface area is 243 Å². The van der Waals surface area contributed by atoms with Crippen molar-refractivity contribution in [3.8, 4) is 16.9 Å². The van der Waals surface area contributed by atoms with Crippen molar-refractivity contribution in [2.24, 2.45) is 13.0 Å².